The maximum Gasteiger partial charge on any atom is 0.293 e. The zero-order valence-corrected chi connectivity index (χ0v) is 15.4. The van der Waals surface area contributed by atoms with Gasteiger partial charge >= 0.3 is 0 Å². The second-order valence-corrected chi connectivity index (χ2v) is 6.15. The maximum absolute atomic E-state index is 12.2. The molecule has 0 fully saturated rings. The first-order valence-corrected chi connectivity index (χ1v) is 8.64. The van der Waals surface area contributed by atoms with Gasteiger partial charge in [-0.25, -0.2) is 4.98 Å². The minimum Gasteiger partial charge on any atom is -0.493 e. The van der Waals surface area contributed by atoms with E-state index in [2.05, 4.69) is 10.3 Å². The van der Waals surface area contributed by atoms with Crippen LogP contribution in [0.25, 0.3) is 0 Å². The van der Waals surface area contributed by atoms with Crippen LogP contribution in [0.15, 0.2) is 40.1 Å². The first-order chi connectivity index (χ1) is 12.6. The Labute approximate surface area is 154 Å². The van der Waals surface area contributed by atoms with Crippen LogP contribution in [0.4, 0.5) is 5.13 Å². The molecule has 0 bridgehead atoms. The number of furan rings is 1. The molecule has 0 atom stereocenters. The summed E-state index contributed by atoms with van der Waals surface area (Å²) >= 11 is 1.36. The summed E-state index contributed by atoms with van der Waals surface area (Å²) in [5, 5.41) is 5.09. The van der Waals surface area contributed by atoms with Gasteiger partial charge in [-0.15, -0.1) is 11.3 Å². The highest BCUT2D eigenvalue weighted by Crippen LogP contribution is 2.37. The summed E-state index contributed by atoms with van der Waals surface area (Å²) in [5.74, 6) is 1.93. The van der Waals surface area contributed by atoms with E-state index in [0.717, 1.165) is 5.69 Å². The van der Waals surface area contributed by atoms with Crippen LogP contribution in [0.5, 0.6) is 17.2 Å². The molecule has 3 rings (SSSR count). The van der Waals surface area contributed by atoms with Gasteiger partial charge in [-0.05, 0) is 31.2 Å². The molecule has 3 aromatic rings. The number of nitrogens with one attached hydrogen (secondary N) is 1. The molecule has 7 nitrogen and oxygen atoms in total. The third kappa shape index (κ3) is 3.97. The molecule has 0 unspecified atom stereocenters. The second kappa shape index (κ2) is 7.92. The minimum absolute atomic E-state index is 0.146. The molecule has 2 aromatic heterocycles. The Bertz CT molecular complexity index is 903. The number of rotatable bonds is 7. The highest BCUT2D eigenvalue weighted by molar-refractivity contribution is 7.13. The van der Waals surface area contributed by atoms with Crippen molar-refractivity contribution < 1.29 is 23.4 Å². The monoisotopic (exact) mass is 374 g/mol. The average molecular weight is 374 g/mol. The summed E-state index contributed by atoms with van der Waals surface area (Å²) in [6, 6.07) is 8.63. The molecule has 8 heteroatoms. The standard InChI is InChI=1S/C18H18N2O5S/c1-11-10-26-18(19-11)20-17(21)15-8-7-12(25-15)9-24-14-6-4-5-13(22-2)16(14)23-3/h4-8,10H,9H2,1-3H3,(H,19,20,21). The second-order valence-electron chi connectivity index (χ2n) is 5.29. The van der Waals surface area contributed by atoms with Crippen LogP contribution in [0.3, 0.4) is 0 Å². The number of anilines is 1. The SMILES string of the molecule is COc1cccc(OCc2ccc(C(=O)Nc3nc(C)cs3)o2)c1OC. The van der Waals surface area contributed by atoms with E-state index in [1.165, 1.54) is 11.3 Å². The Kier molecular flexibility index (Phi) is 5.43. The fourth-order valence-electron chi connectivity index (χ4n) is 2.27. The van der Waals surface area contributed by atoms with Crippen molar-refractivity contribution in [3.05, 3.63) is 52.9 Å². The van der Waals surface area contributed by atoms with Crippen LogP contribution in [-0.4, -0.2) is 25.1 Å². The van der Waals surface area contributed by atoms with E-state index in [0.29, 0.717) is 28.1 Å². The number of carbonyl (C=O) groups is 1. The van der Waals surface area contributed by atoms with Crippen molar-refractivity contribution in [1.82, 2.24) is 4.98 Å². The minimum atomic E-state index is -0.357. The normalized spacial score (nSPS) is 10.4. The van der Waals surface area contributed by atoms with Gasteiger partial charge in [0.15, 0.2) is 22.4 Å². The largest absolute Gasteiger partial charge is 0.493 e. The van der Waals surface area contributed by atoms with Crippen molar-refractivity contribution in [1.29, 1.82) is 0 Å². The summed E-state index contributed by atoms with van der Waals surface area (Å²) in [7, 11) is 3.10. The van der Waals surface area contributed by atoms with Crippen molar-refractivity contribution in [2.75, 3.05) is 19.5 Å². The predicted octanol–water partition coefficient (Wildman–Crippen LogP) is 3.89. The third-order valence-corrected chi connectivity index (χ3v) is 4.34. The smallest absolute Gasteiger partial charge is 0.293 e. The maximum atomic E-state index is 12.2. The zero-order valence-electron chi connectivity index (χ0n) is 14.6. The summed E-state index contributed by atoms with van der Waals surface area (Å²) in [6.07, 6.45) is 0. The van der Waals surface area contributed by atoms with Crippen molar-refractivity contribution in [2.45, 2.75) is 13.5 Å². The molecule has 2 heterocycles. The molecule has 0 saturated heterocycles. The van der Waals surface area contributed by atoms with Gasteiger partial charge in [-0.3, -0.25) is 10.1 Å². The molecule has 1 amide bonds. The number of thiazole rings is 1. The number of ether oxygens (including phenoxy) is 3. The molecule has 1 aromatic carbocycles. The number of amides is 1. The van der Waals surface area contributed by atoms with Gasteiger partial charge in [0.25, 0.3) is 5.91 Å². The van der Waals surface area contributed by atoms with Gasteiger partial charge in [-0.1, -0.05) is 6.07 Å². The van der Waals surface area contributed by atoms with Gasteiger partial charge in [0, 0.05) is 5.38 Å². The van der Waals surface area contributed by atoms with Crippen molar-refractivity contribution in [3.63, 3.8) is 0 Å². The Hall–Kier alpha value is -3.00. The van der Waals surface area contributed by atoms with E-state index >= 15 is 0 Å². The third-order valence-electron chi connectivity index (χ3n) is 3.46. The lowest BCUT2D eigenvalue weighted by Crippen LogP contribution is -2.10. The number of aromatic nitrogens is 1. The van der Waals surface area contributed by atoms with E-state index in [1.807, 2.05) is 12.3 Å². The van der Waals surface area contributed by atoms with E-state index in [9.17, 15) is 4.79 Å². The summed E-state index contributed by atoms with van der Waals surface area (Å²) in [4.78, 5) is 16.4. The van der Waals surface area contributed by atoms with Crippen LogP contribution < -0.4 is 19.5 Å². The molecule has 0 aliphatic carbocycles. The fourth-order valence-corrected chi connectivity index (χ4v) is 2.95. The quantitative estimate of drug-likeness (QED) is 0.675. The van der Waals surface area contributed by atoms with Gasteiger partial charge in [0.05, 0.1) is 19.9 Å². The first-order valence-electron chi connectivity index (χ1n) is 7.76. The van der Waals surface area contributed by atoms with Gasteiger partial charge in [-0.2, -0.15) is 0 Å². The number of nitrogens with zero attached hydrogens (tertiary/aromatic N) is 1. The van der Waals surface area contributed by atoms with Crippen LogP contribution >= 0.6 is 11.3 Å². The Balaban J connectivity index is 1.65. The zero-order chi connectivity index (χ0) is 18.5. The summed E-state index contributed by atoms with van der Waals surface area (Å²) in [5.41, 5.74) is 0.853. The van der Waals surface area contributed by atoms with Gasteiger partial charge < -0.3 is 18.6 Å². The molecular weight excluding hydrogens is 356 g/mol. The Morgan fingerprint density at radius 1 is 1.19 bits per heavy atom. The van der Waals surface area contributed by atoms with Gasteiger partial charge in [0.1, 0.15) is 12.4 Å². The van der Waals surface area contributed by atoms with Crippen LogP contribution in [0, 0.1) is 6.92 Å². The molecule has 0 aliphatic heterocycles. The lowest BCUT2D eigenvalue weighted by molar-refractivity contribution is 0.0992. The summed E-state index contributed by atoms with van der Waals surface area (Å²) < 4.78 is 21.8. The van der Waals surface area contributed by atoms with Crippen LogP contribution in [-0.2, 0) is 6.61 Å². The van der Waals surface area contributed by atoms with E-state index in [-0.39, 0.29) is 18.3 Å². The fraction of sp³-hybridized carbons (Fsp3) is 0.222. The molecule has 0 saturated carbocycles. The number of benzene rings is 1. The van der Waals surface area contributed by atoms with E-state index in [1.54, 1.807) is 44.6 Å². The van der Waals surface area contributed by atoms with Crippen LogP contribution in [0.1, 0.15) is 22.0 Å². The highest BCUT2D eigenvalue weighted by atomic mass is 32.1. The predicted molar refractivity (Wildman–Crippen MR) is 97.4 cm³/mol. The molecule has 136 valence electrons. The highest BCUT2D eigenvalue weighted by Gasteiger charge is 2.15. The molecular formula is C18H18N2O5S. The van der Waals surface area contributed by atoms with E-state index < -0.39 is 0 Å². The molecule has 1 N–H and O–H groups in total. The average Bonchev–Trinajstić information content (AvgIpc) is 3.28. The number of aryl methyl sites for hydroxylation is 1. The van der Waals surface area contributed by atoms with Crippen LogP contribution in [0.2, 0.25) is 0 Å². The van der Waals surface area contributed by atoms with Crippen molar-refractivity contribution >= 4 is 22.4 Å². The van der Waals surface area contributed by atoms with Gasteiger partial charge in [0.2, 0.25) is 5.75 Å². The Morgan fingerprint density at radius 2 is 2.00 bits per heavy atom. The van der Waals surface area contributed by atoms with E-state index in [4.69, 9.17) is 18.6 Å². The first kappa shape index (κ1) is 17.8. The number of para-hydroxylation sites is 1. The Morgan fingerprint density at radius 3 is 2.69 bits per heavy atom. The number of carbonyl (C=O) groups excluding carboxylic acids is 1. The number of methoxy groups -OCH3 is 2. The number of hydrogen-bond donors (Lipinski definition) is 1. The lowest BCUT2D eigenvalue weighted by Gasteiger charge is -2.12. The summed E-state index contributed by atoms with van der Waals surface area (Å²) in [6.45, 7) is 2.01. The molecule has 26 heavy (non-hydrogen) atoms. The molecule has 0 radical (unpaired) electrons. The topological polar surface area (TPSA) is 82.8 Å². The number of hydrogen-bond acceptors (Lipinski definition) is 7. The van der Waals surface area contributed by atoms with Crippen molar-refractivity contribution in [2.24, 2.45) is 0 Å². The van der Waals surface area contributed by atoms with Crippen molar-refractivity contribution in [3.8, 4) is 17.2 Å². The molecule has 0 aliphatic rings. The molecule has 0 spiro atoms. The lowest BCUT2D eigenvalue weighted by atomic mass is 10.3.